The van der Waals surface area contributed by atoms with E-state index in [4.69, 9.17) is 5.73 Å². The molecule has 0 saturated carbocycles. The Morgan fingerprint density at radius 1 is 1.44 bits per heavy atom. The molecule has 5 nitrogen and oxygen atoms in total. The maximum atomic E-state index is 10.5. The number of anilines is 1. The minimum atomic E-state index is -0.0343. The average Bonchev–Trinajstić information content (AvgIpc) is 2.41. The summed E-state index contributed by atoms with van der Waals surface area (Å²) in [6.07, 6.45) is 0.828. The van der Waals surface area contributed by atoms with Gasteiger partial charge in [-0.25, -0.2) is 0 Å². The van der Waals surface area contributed by atoms with Crippen LogP contribution >= 0.6 is 0 Å². The zero-order valence-electron chi connectivity index (χ0n) is 10.3. The number of hydrogen-bond donors (Lipinski definition) is 2. The summed E-state index contributed by atoms with van der Waals surface area (Å²) in [7, 11) is 0. The molecular formula is C13H16N4O. The van der Waals surface area contributed by atoms with E-state index in [2.05, 4.69) is 15.3 Å². The summed E-state index contributed by atoms with van der Waals surface area (Å²) in [5.74, 6) is 0.592. The van der Waals surface area contributed by atoms with E-state index in [0.717, 1.165) is 17.7 Å². The van der Waals surface area contributed by atoms with Gasteiger partial charge in [-0.05, 0) is 31.2 Å². The fourth-order valence-electron chi connectivity index (χ4n) is 1.68. The van der Waals surface area contributed by atoms with Crippen molar-refractivity contribution in [2.45, 2.75) is 13.0 Å². The van der Waals surface area contributed by atoms with Gasteiger partial charge in [-0.15, -0.1) is 0 Å². The Balaban J connectivity index is 1.92. The quantitative estimate of drug-likeness (QED) is 0.779. The van der Waals surface area contributed by atoms with Crippen molar-refractivity contribution in [2.24, 2.45) is 15.7 Å². The lowest BCUT2D eigenvalue weighted by Gasteiger charge is -2.16. The number of nitrogens with one attached hydrogen (secondary N) is 1. The monoisotopic (exact) mass is 244 g/mol. The van der Waals surface area contributed by atoms with E-state index in [1.807, 2.05) is 19.1 Å². The molecule has 0 saturated heterocycles. The zero-order chi connectivity index (χ0) is 13.0. The molecule has 1 aliphatic rings. The van der Waals surface area contributed by atoms with E-state index in [0.29, 0.717) is 24.5 Å². The number of amidine groups is 1. The predicted octanol–water partition coefficient (Wildman–Crippen LogP) is 1.11. The van der Waals surface area contributed by atoms with Crippen LogP contribution in [0.3, 0.4) is 0 Å². The number of nitrogens with two attached hydrogens (primary N) is 1. The van der Waals surface area contributed by atoms with Gasteiger partial charge in [-0.3, -0.25) is 14.8 Å². The van der Waals surface area contributed by atoms with Gasteiger partial charge in [0.25, 0.3) is 0 Å². The number of nitrogens with zero attached hydrogens (tertiary/aromatic N) is 2. The van der Waals surface area contributed by atoms with Crippen molar-refractivity contribution in [3.63, 3.8) is 0 Å². The molecule has 1 aromatic carbocycles. The molecule has 5 heteroatoms. The van der Waals surface area contributed by atoms with Gasteiger partial charge in [0, 0.05) is 11.3 Å². The van der Waals surface area contributed by atoms with E-state index in [1.54, 1.807) is 12.1 Å². The molecule has 0 bridgehead atoms. The highest BCUT2D eigenvalue weighted by molar-refractivity contribution is 5.98. The first-order valence-electron chi connectivity index (χ1n) is 5.83. The SMILES string of the molecule is CC1N=C(CNc2ccc(C=O)cc2)CN=C1N. The molecule has 18 heavy (non-hydrogen) atoms. The Labute approximate surface area is 106 Å². The molecule has 0 aromatic heterocycles. The standard InChI is InChI=1S/C13H16N4O/c1-9-13(14)16-7-12(17-9)6-15-11-4-2-10(8-18)3-5-11/h2-5,8-9,15H,6-7H2,1H3,(H2,14,16). The molecule has 2 rings (SSSR count). The maximum Gasteiger partial charge on any atom is 0.150 e. The van der Waals surface area contributed by atoms with Gasteiger partial charge in [0.15, 0.2) is 0 Å². The lowest BCUT2D eigenvalue weighted by molar-refractivity contribution is 0.112. The van der Waals surface area contributed by atoms with Crippen LogP contribution in [0.25, 0.3) is 0 Å². The van der Waals surface area contributed by atoms with Crippen LogP contribution in [0.4, 0.5) is 5.69 Å². The Hall–Kier alpha value is -2.17. The molecule has 0 aliphatic carbocycles. The van der Waals surface area contributed by atoms with Crippen molar-refractivity contribution >= 4 is 23.5 Å². The maximum absolute atomic E-state index is 10.5. The second kappa shape index (κ2) is 5.44. The molecule has 1 aromatic rings. The third kappa shape index (κ3) is 2.94. The molecule has 3 N–H and O–H groups in total. The zero-order valence-corrected chi connectivity index (χ0v) is 10.3. The van der Waals surface area contributed by atoms with Gasteiger partial charge < -0.3 is 11.1 Å². The normalized spacial score (nSPS) is 18.8. The first-order chi connectivity index (χ1) is 8.69. The van der Waals surface area contributed by atoms with Crippen LogP contribution in [-0.2, 0) is 0 Å². The largest absolute Gasteiger partial charge is 0.386 e. The summed E-state index contributed by atoms with van der Waals surface area (Å²) in [6.45, 7) is 3.12. The highest BCUT2D eigenvalue weighted by atomic mass is 16.1. The fourth-order valence-corrected chi connectivity index (χ4v) is 1.68. The second-order valence-corrected chi connectivity index (χ2v) is 4.21. The summed E-state index contributed by atoms with van der Waals surface area (Å²) in [5, 5.41) is 3.24. The molecular weight excluding hydrogens is 228 g/mol. The van der Waals surface area contributed by atoms with E-state index >= 15 is 0 Å². The van der Waals surface area contributed by atoms with Crippen LogP contribution in [0, 0.1) is 0 Å². The number of benzene rings is 1. The van der Waals surface area contributed by atoms with E-state index in [1.165, 1.54) is 0 Å². The van der Waals surface area contributed by atoms with Crippen LogP contribution in [-0.4, -0.2) is 37.0 Å². The van der Waals surface area contributed by atoms with Crippen LogP contribution in [0.1, 0.15) is 17.3 Å². The second-order valence-electron chi connectivity index (χ2n) is 4.21. The lowest BCUT2D eigenvalue weighted by Crippen LogP contribution is -2.33. The minimum absolute atomic E-state index is 0.0343. The lowest BCUT2D eigenvalue weighted by atomic mass is 10.2. The number of hydrogen-bond acceptors (Lipinski definition) is 5. The first-order valence-corrected chi connectivity index (χ1v) is 5.83. The molecule has 0 amide bonds. The molecule has 0 spiro atoms. The fraction of sp³-hybridized carbons (Fsp3) is 0.308. The van der Waals surface area contributed by atoms with E-state index < -0.39 is 0 Å². The molecule has 0 fully saturated rings. The minimum Gasteiger partial charge on any atom is -0.386 e. The summed E-state index contributed by atoms with van der Waals surface area (Å²) in [6, 6.07) is 7.25. The molecule has 1 aliphatic heterocycles. The van der Waals surface area contributed by atoms with Gasteiger partial charge in [0.05, 0.1) is 18.8 Å². The van der Waals surface area contributed by atoms with E-state index in [9.17, 15) is 4.79 Å². The Morgan fingerprint density at radius 2 is 2.17 bits per heavy atom. The third-order valence-electron chi connectivity index (χ3n) is 2.79. The number of aldehydes is 1. The number of carbonyl (C=O) groups is 1. The van der Waals surface area contributed by atoms with Crippen LogP contribution < -0.4 is 11.1 Å². The van der Waals surface area contributed by atoms with Gasteiger partial charge in [-0.1, -0.05) is 0 Å². The van der Waals surface area contributed by atoms with Crippen molar-refractivity contribution in [3.8, 4) is 0 Å². The molecule has 1 atom stereocenters. The molecule has 94 valence electrons. The molecule has 1 heterocycles. The van der Waals surface area contributed by atoms with Crippen LogP contribution in [0.5, 0.6) is 0 Å². The number of aliphatic imine (C=N–C) groups is 2. The highest BCUT2D eigenvalue weighted by Crippen LogP contribution is 2.08. The topological polar surface area (TPSA) is 79.8 Å². The number of carbonyl (C=O) groups excluding carboxylic acids is 1. The highest BCUT2D eigenvalue weighted by Gasteiger charge is 2.12. The van der Waals surface area contributed by atoms with Gasteiger partial charge in [0.2, 0.25) is 0 Å². The molecule has 0 radical (unpaired) electrons. The van der Waals surface area contributed by atoms with Gasteiger partial charge >= 0.3 is 0 Å². The average molecular weight is 244 g/mol. The van der Waals surface area contributed by atoms with E-state index in [-0.39, 0.29) is 6.04 Å². The Kier molecular flexibility index (Phi) is 3.72. The summed E-state index contributed by atoms with van der Waals surface area (Å²) >= 11 is 0. The number of rotatable bonds is 4. The third-order valence-corrected chi connectivity index (χ3v) is 2.79. The van der Waals surface area contributed by atoms with Crippen molar-refractivity contribution in [3.05, 3.63) is 29.8 Å². The van der Waals surface area contributed by atoms with Crippen molar-refractivity contribution in [1.82, 2.24) is 0 Å². The van der Waals surface area contributed by atoms with Crippen LogP contribution in [0.2, 0.25) is 0 Å². The van der Waals surface area contributed by atoms with Crippen molar-refractivity contribution in [2.75, 3.05) is 18.4 Å². The first kappa shape index (κ1) is 12.3. The summed E-state index contributed by atoms with van der Waals surface area (Å²) < 4.78 is 0. The Bertz CT molecular complexity index is 490. The smallest absolute Gasteiger partial charge is 0.150 e. The molecule has 1 unspecified atom stereocenters. The Morgan fingerprint density at radius 3 is 2.78 bits per heavy atom. The predicted molar refractivity (Wildman–Crippen MR) is 73.7 cm³/mol. The van der Waals surface area contributed by atoms with Gasteiger partial charge in [-0.2, -0.15) is 0 Å². The van der Waals surface area contributed by atoms with Crippen molar-refractivity contribution in [1.29, 1.82) is 0 Å². The summed E-state index contributed by atoms with van der Waals surface area (Å²) in [4.78, 5) is 19.2. The summed E-state index contributed by atoms with van der Waals surface area (Å²) in [5.41, 5.74) is 8.28. The van der Waals surface area contributed by atoms with Crippen LogP contribution in [0.15, 0.2) is 34.3 Å². The van der Waals surface area contributed by atoms with Gasteiger partial charge in [0.1, 0.15) is 18.2 Å². The van der Waals surface area contributed by atoms with Crippen molar-refractivity contribution < 1.29 is 4.79 Å².